The van der Waals surface area contributed by atoms with Gasteiger partial charge in [-0.3, -0.25) is 4.79 Å². The number of nitrogens with zero attached hydrogens (tertiary/aromatic N) is 1. The number of rotatable bonds is 5. The van der Waals surface area contributed by atoms with Gasteiger partial charge >= 0.3 is 0 Å². The summed E-state index contributed by atoms with van der Waals surface area (Å²) in [4.78, 5) is 16.5. The molecule has 0 unspecified atom stereocenters. The maximum atomic E-state index is 12.3. The lowest BCUT2D eigenvalue weighted by molar-refractivity contribution is 0.102. The Bertz CT molecular complexity index is 882. The maximum absolute atomic E-state index is 12.3. The summed E-state index contributed by atoms with van der Waals surface area (Å²) in [6.07, 6.45) is 1.66. The van der Waals surface area contributed by atoms with Gasteiger partial charge in [0.15, 0.2) is 0 Å². The number of methoxy groups -OCH3 is 1. The fourth-order valence-corrected chi connectivity index (χ4v) is 2.70. The number of nitrogens with one attached hydrogen (secondary N) is 2. The number of hydrogen-bond donors (Lipinski definition) is 2. The molecule has 0 atom stereocenters. The average molecular weight is 398 g/mol. The first-order valence-corrected chi connectivity index (χ1v) is 8.38. The number of aromatic nitrogens is 1. The number of benzene rings is 2. The van der Waals surface area contributed by atoms with Crippen molar-refractivity contribution in [2.24, 2.45) is 0 Å². The molecule has 0 spiro atoms. The van der Waals surface area contributed by atoms with E-state index in [1.54, 1.807) is 25.4 Å². The van der Waals surface area contributed by atoms with Gasteiger partial charge in [0.1, 0.15) is 11.6 Å². The van der Waals surface area contributed by atoms with E-state index in [1.807, 2.05) is 48.5 Å². The van der Waals surface area contributed by atoms with Crippen LogP contribution >= 0.6 is 15.9 Å². The minimum atomic E-state index is -0.214. The number of carbonyl (C=O) groups excluding carboxylic acids is 1. The zero-order valence-electron chi connectivity index (χ0n) is 13.5. The molecule has 0 saturated heterocycles. The summed E-state index contributed by atoms with van der Waals surface area (Å²) in [5.74, 6) is 1.04. The highest BCUT2D eigenvalue weighted by molar-refractivity contribution is 9.10. The highest BCUT2D eigenvalue weighted by atomic mass is 79.9. The van der Waals surface area contributed by atoms with E-state index in [4.69, 9.17) is 4.74 Å². The third kappa shape index (κ3) is 4.36. The summed E-state index contributed by atoms with van der Waals surface area (Å²) >= 11 is 3.37. The highest BCUT2D eigenvalue weighted by Gasteiger charge is 2.10. The van der Waals surface area contributed by atoms with Gasteiger partial charge < -0.3 is 15.4 Å². The number of halogens is 1. The van der Waals surface area contributed by atoms with Crippen molar-refractivity contribution in [3.63, 3.8) is 0 Å². The molecule has 0 aliphatic carbocycles. The van der Waals surface area contributed by atoms with Crippen LogP contribution in [0.5, 0.6) is 5.75 Å². The molecule has 3 rings (SSSR count). The monoisotopic (exact) mass is 397 g/mol. The van der Waals surface area contributed by atoms with Crippen LogP contribution in [0.25, 0.3) is 0 Å². The van der Waals surface area contributed by atoms with Crippen LogP contribution < -0.4 is 15.4 Å². The van der Waals surface area contributed by atoms with Gasteiger partial charge in [0, 0.05) is 16.2 Å². The molecule has 1 heterocycles. The van der Waals surface area contributed by atoms with E-state index in [1.165, 1.54) is 0 Å². The number of pyridine rings is 1. The van der Waals surface area contributed by atoms with Gasteiger partial charge in [-0.15, -0.1) is 0 Å². The van der Waals surface area contributed by atoms with Crippen molar-refractivity contribution in [2.45, 2.75) is 0 Å². The predicted octanol–water partition coefficient (Wildman–Crippen LogP) is 4.85. The molecule has 6 heteroatoms. The van der Waals surface area contributed by atoms with Crippen molar-refractivity contribution in [1.82, 2.24) is 4.98 Å². The van der Waals surface area contributed by atoms with Crippen molar-refractivity contribution in [3.8, 4) is 5.75 Å². The first kappa shape index (κ1) is 17.0. The summed E-state index contributed by atoms with van der Waals surface area (Å²) in [6, 6.07) is 18.5. The quantitative estimate of drug-likeness (QED) is 0.645. The lowest BCUT2D eigenvalue weighted by Crippen LogP contribution is -2.13. The van der Waals surface area contributed by atoms with Gasteiger partial charge in [0.05, 0.1) is 24.6 Å². The van der Waals surface area contributed by atoms with Gasteiger partial charge in [-0.05, 0) is 52.3 Å². The second-order valence-corrected chi connectivity index (χ2v) is 6.08. The molecule has 0 aliphatic heterocycles. The smallest absolute Gasteiger partial charge is 0.257 e. The van der Waals surface area contributed by atoms with E-state index in [-0.39, 0.29) is 5.91 Å². The van der Waals surface area contributed by atoms with Gasteiger partial charge in [-0.2, -0.15) is 0 Å². The molecule has 0 fully saturated rings. The van der Waals surface area contributed by atoms with Crippen molar-refractivity contribution >= 4 is 39.0 Å². The lowest BCUT2D eigenvalue weighted by Gasteiger charge is -2.09. The molecule has 1 aromatic heterocycles. The first-order valence-electron chi connectivity index (χ1n) is 7.59. The predicted molar refractivity (Wildman–Crippen MR) is 103 cm³/mol. The van der Waals surface area contributed by atoms with E-state index < -0.39 is 0 Å². The van der Waals surface area contributed by atoms with E-state index in [9.17, 15) is 4.79 Å². The van der Waals surface area contributed by atoms with Crippen LogP contribution in [-0.2, 0) is 0 Å². The molecule has 1 amide bonds. The first-order chi connectivity index (χ1) is 12.2. The van der Waals surface area contributed by atoms with E-state index in [0.717, 1.165) is 21.6 Å². The Hall–Kier alpha value is -2.86. The molecular formula is C19H16BrN3O2. The summed E-state index contributed by atoms with van der Waals surface area (Å²) in [6.45, 7) is 0. The Morgan fingerprint density at radius 1 is 1.04 bits per heavy atom. The molecule has 0 radical (unpaired) electrons. The van der Waals surface area contributed by atoms with Crippen LogP contribution in [0.4, 0.5) is 17.2 Å². The maximum Gasteiger partial charge on any atom is 0.257 e. The lowest BCUT2D eigenvalue weighted by atomic mass is 10.2. The third-order valence-electron chi connectivity index (χ3n) is 3.48. The number of ether oxygens (including phenoxy) is 1. The number of anilines is 3. The van der Waals surface area contributed by atoms with Crippen LogP contribution in [0.3, 0.4) is 0 Å². The summed E-state index contributed by atoms with van der Waals surface area (Å²) in [5.41, 5.74) is 2.26. The zero-order chi connectivity index (χ0) is 17.6. The van der Waals surface area contributed by atoms with Crippen LogP contribution in [0, 0.1) is 0 Å². The van der Waals surface area contributed by atoms with Crippen LogP contribution in [0.1, 0.15) is 10.4 Å². The highest BCUT2D eigenvalue weighted by Crippen LogP contribution is 2.22. The normalized spacial score (nSPS) is 10.2. The number of carbonyl (C=O) groups is 1. The third-order valence-corrected chi connectivity index (χ3v) is 4.17. The van der Waals surface area contributed by atoms with Crippen LogP contribution in [0.2, 0.25) is 0 Å². The minimum absolute atomic E-state index is 0.214. The standard InChI is InChI=1S/C19H16BrN3O2/c1-25-15-6-4-5-13(11-15)22-14-9-10-18(21-12-14)23-19(24)16-7-2-3-8-17(16)20/h2-12,22H,1H3,(H,21,23,24). The van der Waals surface area contributed by atoms with Crippen molar-refractivity contribution in [2.75, 3.05) is 17.7 Å². The Balaban J connectivity index is 1.68. The molecular weight excluding hydrogens is 382 g/mol. The second-order valence-electron chi connectivity index (χ2n) is 5.22. The van der Waals surface area contributed by atoms with Crippen LogP contribution in [-0.4, -0.2) is 18.0 Å². The topological polar surface area (TPSA) is 63.2 Å². The summed E-state index contributed by atoms with van der Waals surface area (Å²) in [5, 5.41) is 6.02. The van der Waals surface area contributed by atoms with E-state index in [0.29, 0.717) is 11.4 Å². The van der Waals surface area contributed by atoms with Crippen molar-refractivity contribution in [1.29, 1.82) is 0 Å². The molecule has 2 aromatic carbocycles. The average Bonchev–Trinajstić information content (AvgIpc) is 2.64. The van der Waals surface area contributed by atoms with Gasteiger partial charge in [0.25, 0.3) is 5.91 Å². The Kier molecular flexibility index (Phi) is 5.30. The SMILES string of the molecule is COc1cccc(Nc2ccc(NC(=O)c3ccccc3Br)nc2)c1. The van der Waals surface area contributed by atoms with E-state index in [2.05, 4.69) is 31.5 Å². The van der Waals surface area contributed by atoms with Crippen molar-refractivity contribution < 1.29 is 9.53 Å². The zero-order valence-corrected chi connectivity index (χ0v) is 15.1. The molecule has 3 aromatic rings. The number of hydrogen-bond acceptors (Lipinski definition) is 4. The van der Waals surface area contributed by atoms with Crippen LogP contribution in [0.15, 0.2) is 71.3 Å². The molecule has 126 valence electrons. The molecule has 2 N–H and O–H groups in total. The van der Waals surface area contributed by atoms with Gasteiger partial charge in [0.2, 0.25) is 0 Å². The molecule has 0 bridgehead atoms. The molecule has 0 aliphatic rings. The van der Waals surface area contributed by atoms with Gasteiger partial charge in [-0.1, -0.05) is 18.2 Å². The Labute approximate surface area is 154 Å². The Morgan fingerprint density at radius 3 is 2.60 bits per heavy atom. The van der Waals surface area contributed by atoms with E-state index >= 15 is 0 Å². The molecule has 0 saturated carbocycles. The Morgan fingerprint density at radius 2 is 1.88 bits per heavy atom. The number of amides is 1. The molecule has 25 heavy (non-hydrogen) atoms. The second kappa shape index (κ2) is 7.81. The van der Waals surface area contributed by atoms with Gasteiger partial charge in [-0.25, -0.2) is 4.98 Å². The summed E-state index contributed by atoms with van der Waals surface area (Å²) in [7, 11) is 1.63. The molecule has 5 nitrogen and oxygen atoms in total. The van der Waals surface area contributed by atoms with Crippen molar-refractivity contribution in [3.05, 3.63) is 76.9 Å². The minimum Gasteiger partial charge on any atom is -0.497 e. The summed E-state index contributed by atoms with van der Waals surface area (Å²) < 4.78 is 5.94. The largest absolute Gasteiger partial charge is 0.497 e. The fourth-order valence-electron chi connectivity index (χ4n) is 2.24. The fraction of sp³-hybridized carbons (Fsp3) is 0.0526.